The Morgan fingerprint density at radius 2 is 1.84 bits per heavy atom. The van der Waals surface area contributed by atoms with Crippen molar-refractivity contribution in [1.29, 1.82) is 0 Å². The van der Waals surface area contributed by atoms with E-state index in [2.05, 4.69) is 14.8 Å². The summed E-state index contributed by atoms with van der Waals surface area (Å²) in [7, 11) is 1.66. The first kappa shape index (κ1) is 24.7. The third-order valence-electron chi connectivity index (χ3n) is 7.36. The number of ether oxygens (including phenoxy) is 1. The van der Waals surface area contributed by atoms with Gasteiger partial charge in [0.2, 0.25) is 0 Å². The molecule has 2 fully saturated rings. The van der Waals surface area contributed by atoms with E-state index in [4.69, 9.17) is 16.3 Å². The van der Waals surface area contributed by atoms with Gasteiger partial charge in [-0.15, -0.1) is 0 Å². The van der Waals surface area contributed by atoms with Gasteiger partial charge in [-0.1, -0.05) is 17.7 Å². The lowest BCUT2D eigenvalue weighted by molar-refractivity contribution is -0.0117. The van der Waals surface area contributed by atoms with Crippen LogP contribution in [0.25, 0.3) is 27.9 Å². The molecule has 6 rings (SSSR count). The molecule has 1 unspecified atom stereocenters. The molecule has 38 heavy (non-hydrogen) atoms. The van der Waals surface area contributed by atoms with Crippen molar-refractivity contribution in [1.82, 2.24) is 19.0 Å². The first-order chi connectivity index (χ1) is 18.4. The molecule has 0 aliphatic carbocycles. The molecule has 196 valence electrons. The van der Waals surface area contributed by atoms with Crippen LogP contribution in [0.15, 0.2) is 65.8 Å². The van der Waals surface area contributed by atoms with Gasteiger partial charge in [-0.3, -0.25) is 9.47 Å². The number of anilines is 1. The number of morpholine rings is 1. The number of phenolic OH excluding ortho intramolecular Hbond substituents is 1. The molecule has 0 bridgehead atoms. The second-order valence-electron chi connectivity index (χ2n) is 9.69. The van der Waals surface area contributed by atoms with Gasteiger partial charge in [-0.05, 0) is 47.5 Å². The van der Waals surface area contributed by atoms with Crippen LogP contribution in [0.5, 0.6) is 5.75 Å². The van der Waals surface area contributed by atoms with E-state index in [1.165, 1.54) is 21.3 Å². The van der Waals surface area contributed by atoms with Crippen LogP contribution in [-0.4, -0.2) is 69.6 Å². The Balaban J connectivity index is 1.33. The average molecular weight is 536 g/mol. The molecule has 1 atom stereocenters. The second kappa shape index (κ2) is 9.90. The van der Waals surface area contributed by atoms with Gasteiger partial charge in [-0.2, -0.15) is 0 Å². The highest BCUT2D eigenvalue weighted by Crippen LogP contribution is 2.41. The topological polar surface area (TPSA) is 75.8 Å². The maximum Gasteiger partial charge on any atom is 0.332 e. The molecular weight excluding hydrogens is 509 g/mol. The van der Waals surface area contributed by atoms with E-state index >= 15 is 0 Å². The number of benzene rings is 2. The normalized spacial score (nSPS) is 18.0. The van der Waals surface area contributed by atoms with E-state index in [9.17, 15) is 14.3 Å². The third kappa shape index (κ3) is 4.47. The first-order valence-corrected chi connectivity index (χ1v) is 12.9. The number of imidazole rings is 1. The predicted molar refractivity (Wildman–Crippen MR) is 145 cm³/mol. The van der Waals surface area contributed by atoms with Gasteiger partial charge in [0, 0.05) is 62.9 Å². The number of nitrogens with zero attached hydrogens (tertiary/aromatic N) is 5. The minimum atomic E-state index is -0.487. The number of aromatic hydroxyl groups is 1. The maximum atomic E-state index is 14.9. The molecule has 0 radical (unpaired) electrons. The maximum absolute atomic E-state index is 14.9. The zero-order valence-electron chi connectivity index (χ0n) is 20.8. The molecule has 0 amide bonds. The monoisotopic (exact) mass is 535 g/mol. The number of aromatic nitrogens is 3. The third-order valence-corrected chi connectivity index (χ3v) is 7.66. The van der Waals surface area contributed by atoms with Crippen LogP contribution in [0.2, 0.25) is 5.02 Å². The number of phenols is 1. The fourth-order valence-electron chi connectivity index (χ4n) is 5.27. The summed E-state index contributed by atoms with van der Waals surface area (Å²) in [5, 5.41) is 11.6. The lowest BCUT2D eigenvalue weighted by Crippen LogP contribution is -2.58. The molecule has 8 nitrogen and oxygen atoms in total. The van der Waals surface area contributed by atoms with Gasteiger partial charge in [0.15, 0.2) is 0 Å². The van der Waals surface area contributed by atoms with E-state index in [-0.39, 0.29) is 11.4 Å². The molecule has 2 aliphatic heterocycles. The molecule has 2 aromatic carbocycles. The quantitative estimate of drug-likeness (QED) is 0.427. The second-order valence-corrected chi connectivity index (χ2v) is 10.1. The van der Waals surface area contributed by atoms with Gasteiger partial charge in [0.05, 0.1) is 30.0 Å². The lowest BCUT2D eigenvalue weighted by atomic mass is 9.97. The van der Waals surface area contributed by atoms with Crippen LogP contribution in [0.3, 0.4) is 0 Å². The number of hydrogen-bond donors (Lipinski definition) is 1. The van der Waals surface area contributed by atoms with Gasteiger partial charge < -0.3 is 19.3 Å². The summed E-state index contributed by atoms with van der Waals surface area (Å²) in [6, 6.07) is 11.6. The van der Waals surface area contributed by atoms with Crippen LogP contribution < -0.4 is 10.6 Å². The Morgan fingerprint density at radius 3 is 2.58 bits per heavy atom. The molecule has 2 aromatic heterocycles. The van der Waals surface area contributed by atoms with Gasteiger partial charge in [0.1, 0.15) is 17.4 Å². The van der Waals surface area contributed by atoms with E-state index in [0.29, 0.717) is 45.6 Å². The predicted octanol–water partition coefficient (Wildman–Crippen LogP) is 3.92. The molecule has 1 N–H and O–H groups in total. The number of aryl methyl sites for hydroxylation is 1. The lowest BCUT2D eigenvalue weighted by Gasteiger charge is -2.44. The number of piperazine rings is 1. The van der Waals surface area contributed by atoms with Crippen molar-refractivity contribution in [2.24, 2.45) is 7.05 Å². The van der Waals surface area contributed by atoms with Crippen molar-refractivity contribution in [2.75, 3.05) is 44.3 Å². The van der Waals surface area contributed by atoms with Crippen molar-refractivity contribution < 1.29 is 14.2 Å². The van der Waals surface area contributed by atoms with Crippen LogP contribution in [0.4, 0.5) is 10.2 Å². The minimum Gasteiger partial charge on any atom is -0.507 e. The van der Waals surface area contributed by atoms with Crippen molar-refractivity contribution >= 4 is 17.4 Å². The highest BCUT2D eigenvalue weighted by Gasteiger charge is 2.30. The number of pyridine rings is 1. The van der Waals surface area contributed by atoms with Crippen molar-refractivity contribution in [3.8, 4) is 33.7 Å². The number of rotatable bonds is 4. The number of fused-ring (bicyclic) bond motifs is 1. The molecule has 0 spiro atoms. The van der Waals surface area contributed by atoms with E-state index < -0.39 is 5.82 Å². The summed E-state index contributed by atoms with van der Waals surface area (Å²) in [5.41, 5.74) is 2.13. The first-order valence-electron chi connectivity index (χ1n) is 12.5. The van der Waals surface area contributed by atoms with E-state index in [0.717, 1.165) is 38.6 Å². The number of halogens is 2. The smallest absolute Gasteiger partial charge is 0.332 e. The van der Waals surface area contributed by atoms with Gasteiger partial charge in [0.25, 0.3) is 0 Å². The molecule has 4 aromatic rings. The van der Waals surface area contributed by atoms with Gasteiger partial charge in [-0.25, -0.2) is 14.2 Å². The molecule has 2 saturated heterocycles. The van der Waals surface area contributed by atoms with E-state index in [1.54, 1.807) is 49.9 Å². The summed E-state index contributed by atoms with van der Waals surface area (Å²) in [6.07, 6.45) is 4.95. The highest BCUT2D eigenvalue weighted by atomic mass is 35.5. The van der Waals surface area contributed by atoms with Crippen LogP contribution in [0.1, 0.15) is 0 Å². The fourth-order valence-corrected chi connectivity index (χ4v) is 5.54. The van der Waals surface area contributed by atoms with Crippen LogP contribution >= 0.6 is 11.6 Å². The van der Waals surface area contributed by atoms with Crippen LogP contribution in [0, 0.1) is 5.82 Å². The fraction of sp³-hybridized carbons (Fsp3) is 0.286. The zero-order chi connectivity index (χ0) is 26.4. The standard InChI is InChI=1S/C28H27ClFN5O3/c1-32-6-9-35(28(32)37)25-3-2-18(12-24(25)29)22-14-20(30)15-23(27(22)36)19-4-5-31-26(13-19)34-8-7-33-10-11-38-17-21(33)16-34/h2-6,9,12-15,21,36H,7-8,10-11,16-17H2,1H3. The SMILES string of the molecule is Cn1ccn(-c2ccc(-c3cc(F)cc(-c4ccnc(N5CCN6CCOCC6C5)c4)c3O)cc2Cl)c1=O. The zero-order valence-corrected chi connectivity index (χ0v) is 21.6. The van der Waals surface area contributed by atoms with Crippen LogP contribution in [-0.2, 0) is 11.8 Å². The van der Waals surface area contributed by atoms with Crippen molar-refractivity contribution in [2.45, 2.75) is 6.04 Å². The molecule has 2 aliphatic rings. The summed E-state index contributed by atoms with van der Waals surface area (Å²) in [6.45, 7) is 4.98. The summed E-state index contributed by atoms with van der Waals surface area (Å²) < 4.78 is 23.4. The minimum absolute atomic E-state index is 0.0604. The average Bonchev–Trinajstić information content (AvgIpc) is 3.27. The molecule has 4 heterocycles. The number of hydrogen-bond acceptors (Lipinski definition) is 6. The van der Waals surface area contributed by atoms with Gasteiger partial charge >= 0.3 is 5.69 Å². The summed E-state index contributed by atoms with van der Waals surface area (Å²) >= 11 is 6.53. The summed E-state index contributed by atoms with van der Waals surface area (Å²) in [4.78, 5) is 21.6. The van der Waals surface area contributed by atoms with Crippen molar-refractivity contribution in [3.05, 3.63) is 82.4 Å². The molecule has 0 saturated carbocycles. The highest BCUT2D eigenvalue weighted by molar-refractivity contribution is 6.32. The summed E-state index contributed by atoms with van der Waals surface area (Å²) in [5.74, 6) is 0.229. The Bertz CT molecular complexity index is 1570. The largest absolute Gasteiger partial charge is 0.507 e. The van der Waals surface area contributed by atoms with E-state index in [1.807, 2.05) is 6.07 Å². The Hall–Kier alpha value is -3.66. The van der Waals surface area contributed by atoms with Crippen molar-refractivity contribution in [3.63, 3.8) is 0 Å². The molecular formula is C28H27ClFN5O3. The molecule has 10 heteroatoms. The Morgan fingerprint density at radius 1 is 1.05 bits per heavy atom. The Kier molecular flexibility index (Phi) is 6.43. The Labute approximate surface area is 224 Å².